The van der Waals surface area contributed by atoms with Crippen LogP contribution in [-0.4, -0.2) is 20.9 Å². The van der Waals surface area contributed by atoms with E-state index in [1.165, 1.54) is 6.08 Å². The highest BCUT2D eigenvalue weighted by Crippen LogP contribution is 2.17. The highest BCUT2D eigenvalue weighted by Gasteiger charge is 2.02. The second kappa shape index (κ2) is 5.31. The van der Waals surface area contributed by atoms with Crippen molar-refractivity contribution in [2.24, 2.45) is 0 Å². The van der Waals surface area contributed by atoms with Crippen molar-refractivity contribution in [3.63, 3.8) is 0 Å². The van der Waals surface area contributed by atoms with Gasteiger partial charge in [0.2, 0.25) is 0 Å². The molecule has 0 amide bonds. The van der Waals surface area contributed by atoms with Gasteiger partial charge in [0.25, 0.3) is 0 Å². The van der Waals surface area contributed by atoms with Crippen LogP contribution >= 0.6 is 0 Å². The summed E-state index contributed by atoms with van der Waals surface area (Å²) in [6, 6.07) is 9.95. The van der Waals surface area contributed by atoms with E-state index in [0.717, 1.165) is 16.7 Å². The molecule has 0 unspecified atom stereocenters. The smallest absolute Gasteiger partial charge is 0.328 e. The number of nitrogens with zero attached hydrogens (tertiary/aromatic N) is 2. The molecule has 18 heavy (non-hydrogen) atoms. The number of aliphatic carboxylic acids is 1. The van der Waals surface area contributed by atoms with Crippen molar-refractivity contribution in [2.45, 2.75) is 13.5 Å². The Morgan fingerprint density at radius 1 is 1.33 bits per heavy atom. The fraction of sp³-hybridized carbons (Fsp3) is 0.143. The van der Waals surface area contributed by atoms with Crippen LogP contribution in [0.5, 0.6) is 0 Å². The van der Waals surface area contributed by atoms with Gasteiger partial charge in [0, 0.05) is 17.8 Å². The molecule has 2 aromatic rings. The molecule has 0 spiro atoms. The molecule has 0 fully saturated rings. The second-order valence-corrected chi connectivity index (χ2v) is 4.12. The van der Waals surface area contributed by atoms with E-state index in [2.05, 4.69) is 5.10 Å². The molecule has 0 aliphatic rings. The maximum absolute atomic E-state index is 10.5. The first-order chi connectivity index (χ1) is 8.65. The normalized spacial score (nSPS) is 11.5. The maximum Gasteiger partial charge on any atom is 0.328 e. The van der Waals surface area contributed by atoms with E-state index in [-0.39, 0.29) is 0 Å². The largest absolute Gasteiger partial charge is 0.478 e. The number of hydrogen-bond donors (Lipinski definition) is 1. The van der Waals surface area contributed by atoms with Crippen molar-refractivity contribution in [3.05, 3.63) is 54.4 Å². The SMILES string of the molecule is CC(=CC(=O)O)Cn1cc(-c2ccccc2)cn1. The Hall–Kier alpha value is -2.36. The molecule has 4 nitrogen and oxygen atoms in total. The average Bonchev–Trinajstić information content (AvgIpc) is 2.77. The molecule has 0 atom stereocenters. The van der Waals surface area contributed by atoms with Crippen molar-refractivity contribution < 1.29 is 9.90 Å². The predicted octanol–water partition coefficient (Wildman–Crippen LogP) is 2.58. The summed E-state index contributed by atoms with van der Waals surface area (Å²) in [5, 5.41) is 12.9. The summed E-state index contributed by atoms with van der Waals surface area (Å²) in [7, 11) is 0. The molecule has 92 valence electrons. The summed E-state index contributed by atoms with van der Waals surface area (Å²) < 4.78 is 1.73. The lowest BCUT2D eigenvalue weighted by atomic mass is 10.1. The third-order valence-electron chi connectivity index (χ3n) is 2.52. The van der Waals surface area contributed by atoms with Gasteiger partial charge in [0.15, 0.2) is 0 Å². The van der Waals surface area contributed by atoms with Gasteiger partial charge in [-0.2, -0.15) is 5.10 Å². The summed E-state index contributed by atoms with van der Waals surface area (Å²) in [5.41, 5.74) is 2.88. The molecule has 0 saturated heterocycles. The highest BCUT2D eigenvalue weighted by molar-refractivity contribution is 5.80. The number of carbonyl (C=O) groups is 1. The quantitative estimate of drug-likeness (QED) is 0.838. The molecule has 0 radical (unpaired) electrons. The summed E-state index contributed by atoms with van der Waals surface area (Å²) >= 11 is 0. The first kappa shape index (κ1) is 12.1. The van der Waals surface area contributed by atoms with Gasteiger partial charge >= 0.3 is 5.97 Å². The zero-order chi connectivity index (χ0) is 13.0. The van der Waals surface area contributed by atoms with Crippen LogP contribution in [0.1, 0.15) is 6.92 Å². The number of carboxylic acid groups (broad SMARTS) is 1. The Bertz CT molecular complexity index is 570. The van der Waals surface area contributed by atoms with Crippen LogP contribution in [0.3, 0.4) is 0 Å². The third kappa shape index (κ3) is 3.07. The molecule has 1 N–H and O–H groups in total. The van der Waals surface area contributed by atoms with Crippen molar-refractivity contribution in [1.29, 1.82) is 0 Å². The highest BCUT2D eigenvalue weighted by atomic mass is 16.4. The van der Waals surface area contributed by atoms with Crippen LogP contribution in [-0.2, 0) is 11.3 Å². The third-order valence-corrected chi connectivity index (χ3v) is 2.52. The molecule has 0 bridgehead atoms. The van der Waals surface area contributed by atoms with Crippen molar-refractivity contribution >= 4 is 5.97 Å². The van der Waals surface area contributed by atoms with E-state index in [1.54, 1.807) is 17.8 Å². The number of allylic oxidation sites excluding steroid dienone is 1. The molecule has 0 saturated carbocycles. The summed E-state index contributed by atoms with van der Waals surface area (Å²) in [4.78, 5) is 10.5. The zero-order valence-corrected chi connectivity index (χ0v) is 10.1. The Morgan fingerprint density at radius 3 is 2.72 bits per heavy atom. The monoisotopic (exact) mass is 242 g/mol. The Balaban J connectivity index is 2.14. The number of rotatable bonds is 4. The molecular formula is C14H14N2O2. The Morgan fingerprint density at radius 2 is 2.06 bits per heavy atom. The van der Waals surface area contributed by atoms with Gasteiger partial charge < -0.3 is 5.11 Å². The molecule has 0 aliphatic heterocycles. The van der Waals surface area contributed by atoms with E-state index >= 15 is 0 Å². The van der Waals surface area contributed by atoms with Crippen LogP contribution in [0, 0.1) is 0 Å². The van der Waals surface area contributed by atoms with Gasteiger partial charge in [-0.15, -0.1) is 0 Å². The first-order valence-corrected chi connectivity index (χ1v) is 5.63. The second-order valence-electron chi connectivity index (χ2n) is 4.12. The lowest BCUT2D eigenvalue weighted by Gasteiger charge is -2.00. The van der Waals surface area contributed by atoms with Crippen LogP contribution in [0.4, 0.5) is 0 Å². The van der Waals surface area contributed by atoms with E-state index in [9.17, 15) is 4.79 Å². The number of aromatic nitrogens is 2. The number of hydrogen-bond acceptors (Lipinski definition) is 2. The molecule has 1 aromatic heterocycles. The minimum atomic E-state index is -0.928. The molecule has 1 aromatic carbocycles. The molecule has 1 heterocycles. The topological polar surface area (TPSA) is 55.1 Å². The van der Waals surface area contributed by atoms with Crippen molar-refractivity contribution in [2.75, 3.05) is 0 Å². The predicted molar refractivity (Wildman–Crippen MR) is 69.1 cm³/mol. The lowest BCUT2D eigenvalue weighted by Crippen LogP contribution is -2.01. The van der Waals surface area contributed by atoms with E-state index in [4.69, 9.17) is 5.11 Å². The van der Waals surface area contributed by atoms with Crippen LogP contribution in [0.2, 0.25) is 0 Å². The van der Waals surface area contributed by atoms with Gasteiger partial charge in [-0.05, 0) is 18.1 Å². The van der Waals surface area contributed by atoms with E-state index in [0.29, 0.717) is 6.54 Å². The van der Waals surface area contributed by atoms with E-state index in [1.807, 2.05) is 36.5 Å². The van der Waals surface area contributed by atoms with Gasteiger partial charge in [0.05, 0.1) is 12.7 Å². The van der Waals surface area contributed by atoms with Crippen LogP contribution in [0.25, 0.3) is 11.1 Å². The van der Waals surface area contributed by atoms with Gasteiger partial charge in [-0.3, -0.25) is 4.68 Å². The molecule has 2 rings (SSSR count). The van der Waals surface area contributed by atoms with Crippen molar-refractivity contribution in [1.82, 2.24) is 9.78 Å². The Labute approximate surface area is 105 Å². The zero-order valence-electron chi connectivity index (χ0n) is 10.1. The summed E-state index contributed by atoms with van der Waals surface area (Å²) in [5.74, 6) is -0.928. The van der Waals surface area contributed by atoms with Gasteiger partial charge in [-0.25, -0.2) is 4.79 Å². The van der Waals surface area contributed by atoms with Gasteiger partial charge in [-0.1, -0.05) is 30.3 Å². The average molecular weight is 242 g/mol. The minimum Gasteiger partial charge on any atom is -0.478 e. The maximum atomic E-state index is 10.5. The van der Waals surface area contributed by atoms with Crippen LogP contribution < -0.4 is 0 Å². The van der Waals surface area contributed by atoms with Gasteiger partial charge in [0.1, 0.15) is 0 Å². The first-order valence-electron chi connectivity index (χ1n) is 5.63. The molecule has 0 aliphatic carbocycles. The summed E-state index contributed by atoms with van der Waals surface area (Å²) in [6.07, 6.45) is 4.89. The molecular weight excluding hydrogens is 228 g/mol. The summed E-state index contributed by atoms with van der Waals surface area (Å²) in [6.45, 7) is 2.26. The lowest BCUT2D eigenvalue weighted by molar-refractivity contribution is -0.131. The number of benzene rings is 1. The van der Waals surface area contributed by atoms with Crippen molar-refractivity contribution in [3.8, 4) is 11.1 Å². The fourth-order valence-electron chi connectivity index (χ4n) is 1.74. The number of carboxylic acids is 1. The Kier molecular flexibility index (Phi) is 3.57. The minimum absolute atomic E-state index is 0.485. The standard InChI is InChI=1S/C14H14N2O2/c1-11(7-14(17)18)9-16-10-13(8-15-16)12-5-3-2-4-6-12/h2-8,10H,9H2,1H3,(H,17,18). The van der Waals surface area contributed by atoms with Crippen LogP contribution in [0.15, 0.2) is 54.4 Å². The fourth-order valence-corrected chi connectivity index (χ4v) is 1.74. The van der Waals surface area contributed by atoms with E-state index < -0.39 is 5.97 Å². The molecule has 4 heteroatoms.